The first-order chi connectivity index (χ1) is 17.6. The quantitative estimate of drug-likeness (QED) is 0.334. The fraction of sp³-hybridized carbons (Fsp3) is 0.963. The van der Waals surface area contributed by atoms with Gasteiger partial charge in [0.05, 0.1) is 38.3 Å². The van der Waals surface area contributed by atoms with Crippen molar-refractivity contribution < 1.29 is 9.53 Å². The zero-order chi connectivity index (χ0) is 24.5. The van der Waals surface area contributed by atoms with Crippen LogP contribution >= 0.6 is 0 Å². The first-order valence-electron chi connectivity index (χ1n) is 14.9. The van der Waals surface area contributed by atoms with Gasteiger partial charge in [-0.05, 0) is 89.8 Å². The molecule has 2 aliphatic carbocycles. The van der Waals surface area contributed by atoms with E-state index in [0.29, 0.717) is 30.2 Å². The second-order valence-corrected chi connectivity index (χ2v) is 12.9. The van der Waals surface area contributed by atoms with Crippen LogP contribution in [0, 0.1) is 17.3 Å². The zero-order valence-electron chi connectivity index (χ0n) is 22.3. The molecular formula is C27H49N7O2. The molecule has 9 nitrogen and oxygen atoms in total. The minimum atomic E-state index is -0.0737. The molecule has 0 spiro atoms. The topological polar surface area (TPSA) is 92.9 Å². The third-order valence-electron chi connectivity index (χ3n) is 10.0. The molecule has 0 aromatic rings. The molecule has 6 fully saturated rings. The normalized spacial score (nSPS) is 40.0. The van der Waals surface area contributed by atoms with E-state index in [1.54, 1.807) is 0 Å². The van der Waals surface area contributed by atoms with Crippen LogP contribution in [0.15, 0.2) is 0 Å². The van der Waals surface area contributed by atoms with E-state index in [2.05, 4.69) is 43.6 Å². The van der Waals surface area contributed by atoms with Crippen molar-refractivity contribution in [2.24, 2.45) is 17.3 Å². The van der Waals surface area contributed by atoms with Crippen molar-refractivity contribution in [3.63, 3.8) is 0 Å². The number of nitrogens with zero attached hydrogens (tertiary/aromatic N) is 2. The molecule has 0 bridgehead atoms. The molecule has 0 aromatic carbocycles. The highest BCUT2D eigenvalue weighted by Gasteiger charge is 2.49. The van der Waals surface area contributed by atoms with Gasteiger partial charge in [0.1, 0.15) is 0 Å². The van der Waals surface area contributed by atoms with Gasteiger partial charge in [0.25, 0.3) is 0 Å². The predicted molar refractivity (Wildman–Crippen MR) is 140 cm³/mol. The predicted octanol–water partition coefficient (Wildman–Crippen LogP) is 0.933. The fourth-order valence-corrected chi connectivity index (χ4v) is 7.57. The Morgan fingerprint density at radius 1 is 1.03 bits per heavy atom. The summed E-state index contributed by atoms with van der Waals surface area (Å²) in [6.07, 6.45) is 13.9. The van der Waals surface area contributed by atoms with Crippen LogP contribution < -0.4 is 26.8 Å². The lowest BCUT2D eigenvalue weighted by Crippen LogP contribution is -2.65. The number of carbonyl (C=O) groups excluding carboxylic acids is 1. The van der Waals surface area contributed by atoms with E-state index in [0.717, 1.165) is 52.1 Å². The molecule has 4 saturated heterocycles. The zero-order valence-corrected chi connectivity index (χ0v) is 22.3. The Hall–Kier alpha value is -0.810. The molecule has 4 heterocycles. The van der Waals surface area contributed by atoms with E-state index in [9.17, 15) is 4.79 Å². The van der Waals surface area contributed by atoms with Gasteiger partial charge >= 0.3 is 0 Å². The molecular weight excluding hydrogens is 454 g/mol. The summed E-state index contributed by atoms with van der Waals surface area (Å²) in [6.45, 7) is 6.13. The Balaban J connectivity index is 1.05. The third-order valence-corrected chi connectivity index (χ3v) is 10.0. The van der Waals surface area contributed by atoms with E-state index >= 15 is 0 Å². The number of ether oxygens (including phenoxy) is 1. The smallest absolute Gasteiger partial charge is 0.237 e. The summed E-state index contributed by atoms with van der Waals surface area (Å²) in [5, 5.41) is 11.1. The summed E-state index contributed by atoms with van der Waals surface area (Å²) in [4.78, 5) is 18.6. The van der Waals surface area contributed by atoms with Gasteiger partial charge in [0.2, 0.25) is 5.91 Å². The van der Waals surface area contributed by atoms with Crippen molar-refractivity contribution in [3.8, 4) is 0 Å². The van der Waals surface area contributed by atoms with Crippen LogP contribution in [0.4, 0.5) is 0 Å². The fourth-order valence-electron chi connectivity index (χ4n) is 7.57. The molecule has 0 aromatic heterocycles. The maximum atomic E-state index is 13.6. The van der Waals surface area contributed by atoms with Crippen LogP contribution in [0.3, 0.4) is 0 Å². The van der Waals surface area contributed by atoms with Crippen LogP contribution in [0.1, 0.15) is 70.6 Å². The van der Waals surface area contributed by atoms with Gasteiger partial charge in [-0.2, -0.15) is 0 Å². The van der Waals surface area contributed by atoms with E-state index in [4.69, 9.17) is 4.74 Å². The van der Waals surface area contributed by atoms with Crippen LogP contribution in [0.2, 0.25) is 0 Å². The van der Waals surface area contributed by atoms with Crippen LogP contribution in [0.25, 0.3) is 0 Å². The van der Waals surface area contributed by atoms with Crippen molar-refractivity contribution in [1.29, 1.82) is 0 Å². The SMILES string of the molecule is CN1CNNC1CC1(C2CCCC(NC(=O)C3CC(CN4CCCCC4)NC(C4CC4)N3)C2)COC1. The Morgan fingerprint density at radius 2 is 1.86 bits per heavy atom. The number of hydrazine groups is 1. The molecule has 6 rings (SSSR count). The van der Waals surface area contributed by atoms with Gasteiger partial charge in [-0.25, -0.2) is 10.9 Å². The molecule has 4 aliphatic heterocycles. The van der Waals surface area contributed by atoms with Crippen molar-refractivity contribution in [1.82, 2.24) is 36.6 Å². The standard InChI is InChI=1S/C27H49N7O2/c1-33-18-28-32-24(33)14-27(16-36-17-27)20-6-5-7-21(12-20)30-26(35)23-13-22(15-34-10-3-2-4-11-34)29-25(31-23)19-8-9-19/h19-25,28-29,31-32H,2-18H2,1H3,(H,30,35). The lowest BCUT2D eigenvalue weighted by atomic mass is 9.64. The Bertz CT molecular complexity index is 754. The molecule has 1 amide bonds. The summed E-state index contributed by atoms with van der Waals surface area (Å²) in [5.74, 6) is 1.55. The summed E-state index contributed by atoms with van der Waals surface area (Å²) in [6, 6.07) is 0.623. The number of hydrogen-bond acceptors (Lipinski definition) is 8. The number of likely N-dealkylation sites (tertiary alicyclic amines) is 1. The van der Waals surface area contributed by atoms with Gasteiger partial charge in [-0.15, -0.1) is 0 Å². The molecule has 6 aliphatic rings. The maximum Gasteiger partial charge on any atom is 0.237 e. The second-order valence-electron chi connectivity index (χ2n) is 12.9. The van der Waals surface area contributed by atoms with Crippen molar-refractivity contribution in [3.05, 3.63) is 0 Å². The van der Waals surface area contributed by atoms with E-state index in [-0.39, 0.29) is 23.4 Å². The van der Waals surface area contributed by atoms with Gasteiger partial charge < -0.3 is 15.0 Å². The highest BCUT2D eigenvalue weighted by Crippen LogP contribution is 2.47. The lowest BCUT2D eigenvalue weighted by molar-refractivity contribution is -0.166. The number of hydrogen-bond donors (Lipinski definition) is 5. The average Bonchev–Trinajstić information content (AvgIpc) is 3.64. The molecule has 0 radical (unpaired) electrons. The van der Waals surface area contributed by atoms with Crippen LogP contribution in [-0.4, -0.2) is 92.7 Å². The van der Waals surface area contributed by atoms with Crippen molar-refractivity contribution in [2.75, 3.05) is 46.6 Å². The molecule has 204 valence electrons. The van der Waals surface area contributed by atoms with E-state index < -0.39 is 0 Å². The number of nitrogens with one attached hydrogen (secondary N) is 5. The Labute approximate surface area is 217 Å². The van der Waals surface area contributed by atoms with E-state index in [1.165, 1.54) is 58.0 Å². The number of rotatable bonds is 8. The van der Waals surface area contributed by atoms with Gasteiger partial charge in [-0.1, -0.05) is 12.8 Å². The van der Waals surface area contributed by atoms with Gasteiger partial charge in [0, 0.05) is 24.0 Å². The maximum absolute atomic E-state index is 13.6. The van der Waals surface area contributed by atoms with Crippen molar-refractivity contribution in [2.45, 2.75) is 101 Å². The van der Waals surface area contributed by atoms with Gasteiger partial charge in [-0.3, -0.25) is 20.3 Å². The molecule has 36 heavy (non-hydrogen) atoms. The Kier molecular flexibility index (Phi) is 7.87. The number of carbonyl (C=O) groups is 1. The van der Waals surface area contributed by atoms with Gasteiger partial charge in [0.15, 0.2) is 0 Å². The average molecular weight is 504 g/mol. The first-order valence-corrected chi connectivity index (χ1v) is 14.9. The summed E-state index contributed by atoms with van der Waals surface area (Å²) >= 11 is 0. The Morgan fingerprint density at radius 3 is 2.56 bits per heavy atom. The minimum absolute atomic E-state index is 0.0737. The molecule has 2 saturated carbocycles. The highest BCUT2D eigenvalue weighted by atomic mass is 16.5. The lowest BCUT2D eigenvalue weighted by Gasteiger charge is -2.51. The van der Waals surface area contributed by atoms with Crippen LogP contribution in [0.5, 0.6) is 0 Å². The van der Waals surface area contributed by atoms with Crippen molar-refractivity contribution >= 4 is 5.91 Å². The monoisotopic (exact) mass is 503 g/mol. The number of amides is 1. The van der Waals surface area contributed by atoms with Crippen LogP contribution in [-0.2, 0) is 9.53 Å². The summed E-state index contributed by atoms with van der Waals surface area (Å²) in [7, 11) is 2.17. The van der Waals surface area contributed by atoms with E-state index in [1.807, 2.05) is 0 Å². The first kappa shape index (κ1) is 25.5. The second kappa shape index (κ2) is 11.1. The summed E-state index contributed by atoms with van der Waals surface area (Å²) in [5.41, 5.74) is 6.96. The molecule has 5 N–H and O–H groups in total. The minimum Gasteiger partial charge on any atom is -0.380 e. The molecule has 6 unspecified atom stereocenters. The summed E-state index contributed by atoms with van der Waals surface area (Å²) < 4.78 is 5.79. The number of piperidine rings is 1. The third kappa shape index (κ3) is 5.77. The highest BCUT2D eigenvalue weighted by molar-refractivity contribution is 5.82. The molecule has 6 atom stereocenters. The largest absolute Gasteiger partial charge is 0.380 e. The molecule has 9 heteroatoms.